The molecule has 1 saturated heterocycles. The van der Waals surface area contributed by atoms with Gasteiger partial charge in [-0.1, -0.05) is 55.5 Å². The van der Waals surface area contributed by atoms with Gasteiger partial charge in [0.25, 0.3) is 0 Å². The van der Waals surface area contributed by atoms with Gasteiger partial charge in [-0.25, -0.2) is 18.4 Å². The molecular formula is C22H27N3O4S. The van der Waals surface area contributed by atoms with Crippen molar-refractivity contribution in [1.29, 1.82) is 0 Å². The molecule has 2 heterocycles. The van der Waals surface area contributed by atoms with E-state index < -0.39 is 10.0 Å². The van der Waals surface area contributed by atoms with Crippen molar-refractivity contribution in [2.24, 2.45) is 17.0 Å². The van der Waals surface area contributed by atoms with E-state index in [0.717, 1.165) is 16.9 Å². The molecule has 7 nitrogen and oxygen atoms in total. The lowest BCUT2D eigenvalue weighted by Gasteiger charge is -2.34. The lowest BCUT2D eigenvalue weighted by atomic mass is 9.93. The van der Waals surface area contributed by atoms with Crippen LogP contribution in [0.15, 0.2) is 54.6 Å². The molecule has 2 aliphatic rings. The van der Waals surface area contributed by atoms with Crippen LogP contribution >= 0.6 is 0 Å². The van der Waals surface area contributed by atoms with Crippen LogP contribution in [-0.4, -0.2) is 38.2 Å². The van der Waals surface area contributed by atoms with Crippen molar-refractivity contribution >= 4 is 16.1 Å². The summed E-state index contributed by atoms with van der Waals surface area (Å²) in [6, 6.07) is 17.3. The van der Waals surface area contributed by atoms with Gasteiger partial charge >= 0.3 is 6.03 Å². The second kappa shape index (κ2) is 8.28. The fourth-order valence-corrected chi connectivity index (χ4v) is 5.41. The summed E-state index contributed by atoms with van der Waals surface area (Å²) in [5, 5.41) is 8.36. The summed E-state index contributed by atoms with van der Waals surface area (Å²) in [7, 11) is -3.57. The number of benzene rings is 2. The van der Waals surface area contributed by atoms with Crippen LogP contribution in [0.5, 0.6) is 5.75 Å². The van der Waals surface area contributed by atoms with Crippen molar-refractivity contribution < 1.29 is 17.9 Å². The largest absolute Gasteiger partial charge is 0.485 e. The molecule has 2 aromatic rings. The van der Waals surface area contributed by atoms with Crippen molar-refractivity contribution in [3.8, 4) is 5.75 Å². The normalized spacial score (nSPS) is 26.0. The molecule has 2 aromatic carbocycles. The number of hydrogen-bond donors (Lipinski definition) is 2. The van der Waals surface area contributed by atoms with Crippen LogP contribution in [0.2, 0.25) is 0 Å². The molecule has 2 aliphatic heterocycles. The van der Waals surface area contributed by atoms with E-state index in [1.807, 2.05) is 61.5 Å². The van der Waals surface area contributed by atoms with Crippen molar-refractivity contribution in [1.82, 2.24) is 10.2 Å². The molecule has 0 unspecified atom stereocenters. The van der Waals surface area contributed by atoms with E-state index in [9.17, 15) is 13.2 Å². The first-order valence-corrected chi connectivity index (χ1v) is 11.9. The minimum Gasteiger partial charge on any atom is -0.485 e. The number of sulfonamides is 1. The third-order valence-corrected chi connectivity index (χ3v) is 6.88. The molecule has 4 rings (SSSR count). The molecule has 0 bridgehead atoms. The van der Waals surface area contributed by atoms with E-state index in [2.05, 4.69) is 5.32 Å². The molecule has 8 heteroatoms. The number of nitrogens with two attached hydrogens (primary N) is 1. The Balaban J connectivity index is 1.49. The van der Waals surface area contributed by atoms with Crippen LogP contribution < -0.4 is 15.2 Å². The van der Waals surface area contributed by atoms with Gasteiger partial charge in [0.2, 0.25) is 10.0 Å². The third kappa shape index (κ3) is 4.60. The number of likely N-dealkylation sites (tertiary alicyclic amines) is 1. The van der Waals surface area contributed by atoms with Gasteiger partial charge in [0.05, 0.1) is 11.8 Å². The van der Waals surface area contributed by atoms with Gasteiger partial charge < -0.3 is 15.0 Å². The van der Waals surface area contributed by atoms with Crippen LogP contribution in [-0.2, 0) is 10.0 Å². The Labute approximate surface area is 177 Å². The molecule has 1 fully saturated rings. The Morgan fingerprint density at radius 3 is 2.57 bits per heavy atom. The molecule has 4 atom stereocenters. The fraction of sp³-hybridized carbons (Fsp3) is 0.409. The number of ether oxygens (including phenoxy) is 1. The highest BCUT2D eigenvalue weighted by Gasteiger charge is 2.37. The molecule has 0 aromatic heterocycles. The number of nitrogens with zero attached hydrogens (tertiary/aromatic N) is 1. The standard InChI is InChI=1S/C22H27N3O4S/c1-15-12-25(13-17(15)14-30(23,27)28)22(26)24-19-11-21(16-7-3-2-4-8-16)29-20-10-6-5-9-18(19)20/h2-10,15,17,19,21H,11-14H2,1H3,(H,24,26)(H2,23,27,28)/t15-,17+,19-,21+/m1/s1. The van der Waals surface area contributed by atoms with Crippen molar-refractivity contribution in [2.75, 3.05) is 18.8 Å². The first-order valence-electron chi connectivity index (χ1n) is 10.2. The molecule has 0 radical (unpaired) electrons. The summed E-state index contributed by atoms with van der Waals surface area (Å²) in [5.74, 6) is 0.594. The Morgan fingerprint density at radius 1 is 1.13 bits per heavy atom. The number of amides is 2. The summed E-state index contributed by atoms with van der Waals surface area (Å²) in [5.41, 5.74) is 2.01. The Kier molecular flexibility index (Phi) is 5.71. The smallest absolute Gasteiger partial charge is 0.317 e. The van der Waals surface area contributed by atoms with E-state index in [1.165, 1.54) is 0 Å². The average molecular weight is 430 g/mol. The molecule has 0 aliphatic carbocycles. The van der Waals surface area contributed by atoms with Crippen LogP contribution in [0.4, 0.5) is 4.79 Å². The summed E-state index contributed by atoms with van der Waals surface area (Å²) < 4.78 is 29.2. The number of rotatable bonds is 4. The van der Waals surface area contributed by atoms with Gasteiger partial charge in [-0.3, -0.25) is 0 Å². The van der Waals surface area contributed by atoms with Gasteiger partial charge in [0, 0.05) is 25.1 Å². The Morgan fingerprint density at radius 2 is 1.83 bits per heavy atom. The van der Waals surface area contributed by atoms with Crippen LogP contribution in [0.3, 0.4) is 0 Å². The van der Waals surface area contributed by atoms with Gasteiger partial charge in [0.15, 0.2) is 0 Å². The lowest BCUT2D eigenvalue weighted by molar-refractivity contribution is 0.147. The fourth-order valence-electron chi connectivity index (χ4n) is 4.38. The third-order valence-electron chi connectivity index (χ3n) is 5.98. The van der Waals surface area contributed by atoms with Crippen molar-refractivity contribution in [3.63, 3.8) is 0 Å². The predicted octanol–water partition coefficient (Wildman–Crippen LogP) is 2.82. The summed E-state index contributed by atoms with van der Waals surface area (Å²) in [4.78, 5) is 14.7. The van der Waals surface area contributed by atoms with Crippen LogP contribution in [0.1, 0.15) is 36.6 Å². The monoisotopic (exact) mass is 429 g/mol. The number of carbonyl (C=O) groups excluding carboxylic acids is 1. The van der Waals surface area contributed by atoms with Crippen LogP contribution in [0.25, 0.3) is 0 Å². The van der Waals surface area contributed by atoms with Crippen molar-refractivity contribution in [2.45, 2.75) is 25.5 Å². The Bertz CT molecular complexity index is 1010. The van der Waals surface area contributed by atoms with E-state index in [0.29, 0.717) is 19.5 Å². The van der Waals surface area contributed by atoms with Gasteiger partial charge in [0.1, 0.15) is 11.9 Å². The maximum atomic E-state index is 13.0. The molecule has 3 N–H and O–H groups in total. The molecular weight excluding hydrogens is 402 g/mol. The zero-order chi connectivity index (χ0) is 21.3. The number of nitrogens with one attached hydrogen (secondary N) is 1. The first kappa shape index (κ1) is 20.7. The summed E-state index contributed by atoms with van der Waals surface area (Å²) in [6.07, 6.45) is 0.468. The van der Waals surface area contributed by atoms with E-state index in [1.54, 1.807) is 4.90 Å². The minimum absolute atomic E-state index is 0.0770. The predicted molar refractivity (Wildman–Crippen MR) is 114 cm³/mol. The Hall–Kier alpha value is -2.58. The number of fused-ring (bicyclic) bond motifs is 1. The quantitative estimate of drug-likeness (QED) is 0.780. The molecule has 160 valence electrons. The van der Waals surface area contributed by atoms with Gasteiger partial charge in [-0.2, -0.15) is 0 Å². The number of para-hydroxylation sites is 1. The van der Waals surface area contributed by atoms with Crippen LogP contribution in [0, 0.1) is 11.8 Å². The zero-order valence-corrected chi connectivity index (χ0v) is 17.7. The average Bonchev–Trinajstić information content (AvgIpc) is 3.07. The second-order valence-electron chi connectivity index (χ2n) is 8.26. The first-order chi connectivity index (χ1) is 14.3. The zero-order valence-electron chi connectivity index (χ0n) is 16.9. The highest BCUT2D eigenvalue weighted by atomic mass is 32.2. The van der Waals surface area contributed by atoms with Crippen molar-refractivity contribution in [3.05, 3.63) is 65.7 Å². The number of carbonyl (C=O) groups is 1. The molecule has 2 amide bonds. The van der Waals surface area contributed by atoms with Gasteiger partial charge in [-0.05, 0) is 23.5 Å². The lowest BCUT2D eigenvalue weighted by Crippen LogP contribution is -2.42. The topological polar surface area (TPSA) is 102 Å². The SMILES string of the molecule is C[C@@H]1CN(C(=O)N[C@@H]2C[C@@H](c3ccccc3)Oc3ccccc32)C[C@H]1CS(N)(=O)=O. The van der Waals surface area contributed by atoms with E-state index >= 15 is 0 Å². The maximum Gasteiger partial charge on any atom is 0.317 e. The summed E-state index contributed by atoms with van der Waals surface area (Å²) in [6.45, 7) is 2.85. The highest BCUT2D eigenvalue weighted by molar-refractivity contribution is 7.89. The summed E-state index contributed by atoms with van der Waals surface area (Å²) >= 11 is 0. The highest BCUT2D eigenvalue weighted by Crippen LogP contribution is 2.40. The number of hydrogen-bond acceptors (Lipinski definition) is 4. The molecule has 30 heavy (non-hydrogen) atoms. The number of urea groups is 1. The van der Waals surface area contributed by atoms with E-state index in [4.69, 9.17) is 9.88 Å². The maximum absolute atomic E-state index is 13.0. The number of primary sulfonamides is 1. The molecule has 0 saturated carbocycles. The van der Waals surface area contributed by atoms with Gasteiger partial charge in [-0.15, -0.1) is 0 Å². The minimum atomic E-state index is -3.57. The van der Waals surface area contributed by atoms with E-state index in [-0.39, 0.29) is 35.8 Å². The second-order valence-corrected chi connectivity index (χ2v) is 9.92. The molecule has 0 spiro atoms.